The van der Waals surface area contributed by atoms with E-state index in [1.54, 1.807) is 34.1 Å². The molecule has 150 valence electrons. The zero-order valence-corrected chi connectivity index (χ0v) is 16.9. The summed E-state index contributed by atoms with van der Waals surface area (Å²) in [6.45, 7) is 6.12. The molecule has 2 aromatic carbocycles. The normalized spacial score (nSPS) is 12.1. The van der Waals surface area contributed by atoms with Crippen LogP contribution in [-0.4, -0.2) is 38.5 Å². The van der Waals surface area contributed by atoms with Gasteiger partial charge in [0.1, 0.15) is 23.3 Å². The Morgan fingerprint density at radius 3 is 2.36 bits per heavy atom. The van der Waals surface area contributed by atoms with Crippen LogP contribution in [0.4, 0.5) is 5.69 Å². The van der Waals surface area contributed by atoms with Crippen LogP contribution < -0.4 is 25.0 Å². The summed E-state index contributed by atoms with van der Waals surface area (Å²) in [5.74, 6) is 1.85. The van der Waals surface area contributed by atoms with Crippen molar-refractivity contribution < 1.29 is 19.0 Å². The lowest BCUT2D eigenvalue weighted by atomic mass is 10.1. The van der Waals surface area contributed by atoms with Gasteiger partial charge < -0.3 is 19.5 Å². The van der Waals surface area contributed by atoms with Crippen LogP contribution in [0.25, 0.3) is 0 Å². The predicted molar refractivity (Wildman–Crippen MR) is 111 cm³/mol. The maximum atomic E-state index is 12.4. The Labute approximate surface area is 165 Å². The Bertz CT molecular complexity index is 819. The number of ether oxygens (including phenoxy) is 3. The average Bonchev–Trinajstić information content (AvgIpc) is 2.72. The number of nitrogens with one attached hydrogen (secondary N) is 2. The third-order valence-electron chi connectivity index (χ3n) is 4.07. The van der Waals surface area contributed by atoms with Crippen LogP contribution in [0.3, 0.4) is 0 Å². The third-order valence-corrected chi connectivity index (χ3v) is 4.07. The first-order valence-electron chi connectivity index (χ1n) is 9.04. The summed E-state index contributed by atoms with van der Waals surface area (Å²) < 4.78 is 16.0. The smallest absolute Gasteiger partial charge is 0.262 e. The van der Waals surface area contributed by atoms with Crippen LogP contribution in [0.1, 0.15) is 26.3 Å². The molecule has 0 aliphatic carbocycles. The number of amides is 1. The largest absolute Gasteiger partial charge is 0.497 e. The molecule has 7 heteroatoms. The van der Waals surface area contributed by atoms with E-state index in [9.17, 15) is 4.79 Å². The molecule has 0 saturated carbocycles. The van der Waals surface area contributed by atoms with Gasteiger partial charge in [-0.25, -0.2) is 5.43 Å². The Morgan fingerprint density at radius 1 is 1.07 bits per heavy atom. The first-order valence-corrected chi connectivity index (χ1v) is 9.04. The number of hydrazone groups is 1. The van der Waals surface area contributed by atoms with Gasteiger partial charge in [-0.15, -0.1) is 0 Å². The molecule has 0 aliphatic rings. The zero-order valence-electron chi connectivity index (χ0n) is 16.9. The van der Waals surface area contributed by atoms with Gasteiger partial charge in [0.2, 0.25) is 0 Å². The predicted octanol–water partition coefficient (Wildman–Crippen LogP) is 3.44. The minimum atomic E-state index is -0.466. The van der Waals surface area contributed by atoms with E-state index >= 15 is 0 Å². The summed E-state index contributed by atoms with van der Waals surface area (Å²) in [6, 6.07) is 12.4. The van der Waals surface area contributed by atoms with Gasteiger partial charge in [0.15, 0.2) is 0 Å². The molecule has 0 aromatic heterocycles. The van der Waals surface area contributed by atoms with Crippen molar-refractivity contribution in [3.05, 3.63) is 48.0 Å². The van der Waals surface area contributed by atoms with Crippen molar-refractivity contribution in [3.8, 4) is 17.2 Å². The van der Waals surface area contributed by atoms with Crippen molar-refractivity contribution >= 4 is 17.3 Å². The number of anilines is 1. The minimum absolute atomic E-state index is 0.249. The van der Waals surface area contributed by atoms with Gasteiger partial charge in [0.25, 0.3) is 5.91 Å². The van der Waals surface area contributed by atoms with E-state index in [-0.39, 0.29) is 5.91 Å². The highest BCUT2D eigenvalue weighted by Crippen LogP contribution is 2.25. The second-order valence-electron chi connectivity index (χ2n) is 6.06. The van der Waals surface area contributed by atoms with E-state index in [1.807, 2.05) is 43.3 Å². The van der Waals surface area contributed by atoms with E-state index in [0.717, 1.165) is 17.0 Å². The van der Waals surface area contributed by atoms with Gasteiger partial charge in [-0.2, -0.15) is 5.10 Å². The van der Waals surface area contributed by atoms with Crippen LogP contribution in [0.2, 0.25) is 0 Å². The highest BCUT2D eigenvalue weighted by molar-refractivity contribution is 6.02. The number of carbonyl (C=O) groups excluding carboxylic acids is 1. The van der Waals surface area contributed by atoms with Gasteiger partial charge in [-0.05, 0) is 57.2 Å². The van der Waals surface area contributed by atoms with Gasteiger partial charge in [-0.3, -0.25) is 4.79 Å². The standard InChI is InChI=1S/C21H27N3O4/c1-6-28-17-9-7-16(8-10-17)22-15(3)21(25)24-23-14(2)19-12-11-18(26-4)13-20(19)27-5/h7-13,15,22H,6H2,1-5H3,(H,24,25)/b23-14+/t15-/m1/s1. The molecule has 0 bridgehead atoms. The number of hydrogen-bond acceptors (Lipinski definition) is 6. The Kier molecular flexibility index (Phi) is 7.68. The minimum Gasteiger partial charge on any atom is -0.497 e. The second-order valence-corrected chi connectivity index (χ2v) is 6.06. The maximum absolute atomic E-state index is 12.4. The molecule has 0 saturated heterocycles. The zero-order chi connectivity index (χ0) is 20.5. The fourth-order valence-electron chi connectivity index (χ4n) is 2.52. The van der Waals surface area contributed by atoms with E-state index < -0.39 is 6.04 Å². The highest BCUT2D eigenvalue weighted by atomic mass is 16.5. The average molecular weight is 385 g/mol. The molecular weight excluding hydrogens is 358 g/mol. The number of rotatable bonds is 9. The third kappa shape index (κ3) is 5.64. The summed E-state index contributed by atoms with van der Waals surface area (Å²) in [6.07, 6.45) is 0. The molecule has 0 unspecified atom stereocenters. The van der Waals surface area contributed by atoms with Gasteiger partial charge in [0.05, 0.1) is 26.5 Å². The lowest BCUT2D eigenvalue weighted by Gasteiger charge is -2.15. The van der Waals surface area contributed by atoms with Crippen molar-refractivity contribution in [2.75, 3.05) is 26.1 Å². The van der Waals surface area contributed by atoms with Crippen LogP contribution in [0, 0.1) is 0 Å². The SMILES string of the molecule is CCOc1ccc(N[C@H](C)C(=O)N/N=C(\C)c2ccc(OC)cc2OC)cc1. The molecule has 2 aromatic rings. The van der Waals surface area contributed by atoms with E-state index in [0.29, 0.717) is 23.8 Å². The summed E-state index contributed by atoms with van der Waals surface area (Å²) >= 11 is 0. The molecule has 0 spiro atoms. The summed E-state index contributed by atoms with van der Waals surface area (Å²) in [7, 11) is 3.17. The number of nitrogens with zero attached hydrogens (tertiary/aromatic N) is 1. The molecule has 0 radical (unpaired) electrons. The molecule has 7 nitrogen and oxygen atoms in total. The van der Waals surface area contributed by atoms with Crippen LogP contribution in [0.5, 0.6) is 17.2 Å². The molecule has 1 atom stereocenters. The molecule has 1 amide bonds. The fourth-order valence-corrected chi connectivity index (χ4v) is 2.52. The van der Waals surface area contributed by atoms with Crippen molar-refractivity contribution in [3.63, 3.8) is 0 Å². The molecule has 28 heavy (non-hydrogen) atoms. The first kappa shape index (κ1) is 21.1. The lowest BCUT2D eigenvalue weighted by molar-refractivity contribution is -0.121. The number of carbonyl (C=O) groups is 1. The number of hydrogen-bond donors (Lipinski definition) is 2. The van der Waals surface area contributed by atoms with Crippen molar-refractivity contribution in [1.82, 2.24) is 5.43 Å². The monoisotopic (exact) mass is 385 g/mol. The van der Waals surface area contributed by atoms with Gasteiger partial charge in [0, 0.05) is 17.3 Å². The van der Waals surface area contributed by atoms with Crippen molar-refractivity contribution in [2.24, 2.45) is 5.10 Å². The van der Waals surface area contributed by atoms with Crippen LogP contribution in [0.15, 0.2) is 47.6 Å². The van der Waals surface area contributed by atoms with Crippen molar-refractivity contribution in [1.29, 1.82) is 0 Å². The highest BCUT2D eigenvalue weighted by Gasteiger charge is 2.13. The second kappa shape index (κ2) is 10.2. The quantitative estimate of drug-likeness (QED) is 0.510. The summed E-state index contributed by atoms with van der Waals surface area (Å²) in [5, 5.41) is 7.33. The molecular formula is C21H27N3O4. The van der Waals surface area contributed by atoms with Crippen LogP contribution >= 0.6 is 0 Å². The van der Waals surface area contributed by atoms with E-state index in [1.165, 1.54) is 0 Å². The fraction of sp³-hybridized carbons (Fsp3) is 0.333. The first-order chi connectivity index (χ1) is 13.5. The van der Waals surface area contributed by atoms with E-state index in [2.05, 4.69) is 15.8 Å². The number of benzene rings is 2. The Balaban J connectivity index is 1.99. The molecule has 2 rings (SSSR count). The summed E-state index contributed by atoms with van der Waals surface area (Å²) in [5.41, 5.74) is 4.81. The lowest BCUT2D eigenvalue weighted by Crippen LogP contribution is -2.35. The molecule has 0 aliphatic heterocycles. The van der Waals surface area contributed by atoms with Gasteiger partial charge in [-0.1, -0.05) is 0 Å². The maximum Gasteiger partial charge on any atom is 0.262 e. The van der Waals surface area contributed by atoms with E-state index in [4.69, 9.17) is 14.2 Å². The number of methoxy groups -OCH3 is 2. The Morgan fingerprint density at radius 2 is 1.75 bits per heavy atom. The molecule has 0 heterocycles. The van der Waals surface area contributed by atoms with Crippen LogP contribution in [-0.2, 0) is 4.79 Å². The topological polar surface area (TPSA) is 81.2 Å². The summed E-state index contributed by atoms with van der Waals surface area (Å²) in [4.78, 5) is 12.4. The molecule has 2 N–H and O–H groups in total. The van der Waals surface area contributed by atoms with Gasteiger partial charge >= 0.3 is 0 Å². The van der Waals surface area contributed by atoms with Crippen molar-refractivity contribution in [2.45, 2.75) is 26.8 Å². The Hall–Kier alpha value is -3.22. The molecule has 0 fully saturated rings.